The molecule has 0 unspecified atom stereocenters. The Morgan fingerprint density at radius 2 is 2.35 bits per heavy atom. The van der Waals surface area contributed by atoms with Gasteiger partial charge in [0, 0.05) is 18.3 Å². The molecule has 1 amide bonds. The van der Waals surface area contributed by atoms with E-state index in [0.717, 1.165) is 5.69 Å². The van der Waals surface area contributed by atoms with Crippen molar-refractivity contribution in [2.24, 2.45) is 5.73 Å². The summed E-state index contributed by atoms with van der Waals surface area (Å²) in [5.74, 6) is 0.0749. The van der Waals surface area contributed by atoms with Crippen LogP contribution in [0.1, 0.15) is 5.56 Å². The second kappa shape index (κ2) is 5.96. The van der Waals surface area contributed by atoms with Gasteiger partial charge in [0.25, 0.3) is 0 Å². The number of phenolic OH excluding ortho intramolecular Hbond substituents is 1. The molecule has 0 aliphatic rings. The molecule has 0 bridgehead atoms. The SMILES string of the molecule is COc1cccc(CNc2cnn(CC(N)=O)c2)c1O. The van der Waals surface area contributed by atoms with Gasteiger partial charge in [-0.1, -0.05) is 12.1 Å². The molecule has 0 saturated heterocycles. The summed E-state index contributed by atoms with van der Waals surface area (Å²) in [5, 5.41) is 17.0. The molecular weight excluding hydrogens is 260 g/mol. The number of hydrogen-bond donors (Lipinski definition) is 3. The molecule has 2 rings (SSSR count). The number of anilines is 1. The Morgan fingerprint density at radius 3 is 3.05 bits per heavy atom. The van der Waals surface area contributed by atoms with E-state index in [4.69, 9.17) is 10.5 Å². The van der Waals surface area contributed by atoms with Crippen LogP contribution in [0, 0.1) is 0 Å². The molecule has 4 N–H and O–H groups in total. The lowest BCUT2D eigenvalue weighted by atomic mass is 10.2. The lowest BCUT2D eigenvalue weighted by Crippen LogP contribution is -2.18. The van der Waals surface area contributed by atoms with E-state index in [1.54, 1.807) is 30.6 Å². The first-order chi connectivity index (χ1) is 9.60. The average Bonchev–Trinajstić information content (AvgIpc) is 2.84. The molecule has 7 heteroatoms. The number of benzene rings is 1. The lowest BCUT2D eigenvalue weighted by molar-refractivity contribution is -0.118. The number of methoxy groups -OCH3 is 1. The van der Waals surface area contributed by atoms with Crippen molar-refractivity contribution in [3.8, 4) is 11.5 Å². The zero-order valence-electron chi connectivity index (χ0n) is 11.0. The average molecular weight is 276 g/mol. The first-order valence-corrected chi connectivity index (χ1v) is 5.99. The summed E-state index contributed by atoms with van der Waals surface area (Å²) in [6.07, 6.45) is 3.25. The van der Waals surface area contributed by atoms with Crippen LogP contribution in [0.2, 0.25) is 0 Å². The number of nitrogens with two attached hydrogens (primary N) is 1. The van der Waals surface area contributed by atoms with E-state index in [1.807, 2.05) is 0 Å². The number of ether oxygens (including phenoxy) is 1. The van der Waals surface area contributed by atoms with Gasteiger partial charge in [-0.25, -0.2) is 0 Å². The molecule has 0 fully saturated rings. The fourth-order valence-electron chi connectivity index (χ4n) is 1.77. The zero-order chi connectivity index (χ0) is 14.5. The normalized spacial score (nSPS) is 10.2. The number of amides is 1. The molecule has 20 heavy (non-hydrogen) atoms. The number of hydrogen-bond acceptors (Lipinski definition) is 5. The van der Waals surface area contributed by atoms with E-state index in [1.165, 1.54) is 11.8 Å². The highest BCUT2D eigenvalue weighted by molar-refractivity contribution is 5.73. The summed E-state index contributed by atoms with van der Waals surface area (Å²) in [6, 6.07) is 5.27. The number of nitrogens with zero attached hydrogens (tertiary/aromatic N) is 2. The highest BCUT2D eigenvalue weighted by atomic mass is 16.5. The van der Waals surface area contributed by atoms with Gasteiger partial charge in [-0.2, -0.15) is 5.10 Å². The number of phenols is 1. The second-order valence-electron chi connectivity index (χ2n) is 4.21. The number of primary amides is 1. The number of aromatic hydroxyl groups is 1. The molecule has 1 aromatic carbocycles. The number of nitrogens with one attached hydrogen (secondary N) is 1. The Balaban J connectivity index is 2.02. The zero-order valence-corrected chi connectivity index (χ0v) is 11.0. The minimum atomic E-state index is -0.454. The smallest absolute Gasteiger partial charge is 0.239 e. The van der Waals surface area contributed by atoms with Crippen LogP contribution >= 0.6 is 0 Å². The van der Waals surface area contributed by atoms with Gasteiger partial charge >= 0.3 is 0 Å². The highest BCUT2D eigenvalue weighted by Gasteiger charge is 2.07. The maximum absolute atomic E-state index is 10.8. The molecule has 2 aromatic rings. The van der Waals surface area contributed by atoms with Crippen molar-refractivity contribution in [3.63, 3.8) is 0 Å². The fraction of sp³-hybridized carbons (Fsp3) is 0.231. The third-order valence-corrected chi connectivity index (χ3v) is 2.74. The van der Waals surface area contributed by atoms with E-state index in [9.17, 15) is 9.90 Å². The monoisotopic (exact) mass is 276 g/mol. The van der Waals surface area contributed by atoms with Crippen molar-refractivity contribution in [2.45, 2.75) is 13.1 Å². The van der Waals surface area contributed by atoms with Crippen LogP contribution in [0.25, 0.3) is 0 Å². The number of para-hydroxylation sites is 1. The van der Waals surface area contributed by atoms with Crippen molar-refractivity contribution in [3.05, 3.63) is 36.2 Å². The molecule has 0 atom stereocenters. The maximum atomic E-state index is 10.8. The number of carbonyl (C=O) groups is 1. The highest BCUT2D eigenvalue weighted by Crippen LogP contribution is 2.29. The van der Waals surface area contributed by atoms with Crippen LogP contribution in [0.5, 0.6) is 11.5 Å². The Labute approximate surface area is 116 Å². The molecule has 106 valence electrons. The van der Waals surface area contributed by atoms with Crippen LogP contribution in [-0.2, 0) is 17.9 Å². The van der Waals surface area contributed by atoms with E-state index < -0.39 is 5.91 Å². The molecule has 0 radical (unpaired) electrons. The quantitative estimate of drug-likeness (QED) is 0.720. The van der Waals surface area contributed by atoms with Crippen molar-refractivity contribution in [1.29, 1.82) is 0 Å². The lowest BCUT2D eigenvalue weighted by Gasteiger charge is -2.09. The number of rotatable bonds is 6. The van der Waals surface area contributed by atoms with Crippen molar-refractivity contribution >= 4 is 11.6 Å². The number of carbonyl (C=O) groups excluding carboxylic acids is 1. The van der Waals surface area contributed by atoms with Crippen molar-refractivity contribution < 1.29 is 14.6 Å². The molecule has 0 aliphatic heterocycles. The predicted octanol–water partition coefficient (Wildman–Crippen LogP) is 0.695. The van der Waals surface area contributed by atoms with E-state index in [-0.39, 0.29) is 12.3 Å². The fourth-order valence-corrected chi connectivity index (χ4v) is 1.77. The third-order valence-electron chi connectivity index (χ3n) is 2.74. The summed E-state index contributed by atoms with van der Waals surface area (Å²) in [7, 11) is 1.50. The molecule has 1 heterocycles. The van der Waals surface area contributed by atoms with Gasteiger partial charge in [0.05, 0.1) is 19.0 Å². The topological polar surface area (TPSA) is 102 Å². The van der Waals surface area contributed by atoms with Crippen LogP contribution < -0.4 is 15.8 Å². The molecule has 0 spiro atoms. The third kappa shape index (κ3) is 3.19. The van der Waals surface area contributed by atoms with E-state index in [0.29, 0.717) is 17.9 Å². The maximum Gasteiger partial charge on any atom is 0.239 e. The minimum Gasteiger partial charge on any atom is -0.504 e. The van der Waals surface area contributed by atoms with E-state index >= 15 is 0 Å². The van der Waals surface area contributed by atoms with Crippen molar-refractivity contribution in [1.82, 2.24) is 9.78 Å². The Morgan fingerprint density at radius 1 is 1.55 bits per heavy atom. The number of aromatic nitrogens is 2. The molecule has 1 aromatic heterocycles. The summed E-state index contributed by atoms with van der Waals surface area (Å²) >= 11 is 0. The predicted molar refractivity (Wildman–Crippen MR) is 73.4 cm³/mol. The van der Waals surface area contributed by atoms with Gasteiger partial charge in [0.15, 0.2) is 11.5 Å². The second-order valence-corrected chi connectivity index (χ2v) is 4.21. The van der Waals surface area contributed by atoms with Gasteiger partial charge < -0.3 is 20.9 Å². The summed E-state index contributed by atoms with van der Waals surface area (Å²) < 4.78 is 6.48. The van der Waals surface area contributed by atoms with Gasteiger partial charge in [0.1, 0.15) is 6.54 Å². The van der Waals surface area contributed by atoms with Crippen molar-refractivity contribution in [2.75, 3.05) is 12.4 Å². The van der Waals surface area contributed by atoms with Crippen LogP contribution in [-0.4, -0.2) is 27.9 Å². The summed E-state index contributed by atoms with van der Waals surface area (Å²) in [5.41, 5.74) is 6.51. The Kier molecular flexibility index (Phi) is 4.09. The Bertz CT molecular complexity index is 609. The first kappa shape index (κ1) is 13.7. The molecular formula is C13H16N4O3. The first-order valence-electron chi connectivity index (χ1n) is 5.99. The molecule has 7 nitrogen and oxygen atoms in total. The molecule has 0 aliphatic carbocycles. The summed E-state index contributed by atoms with van der Waals surface area (Å²) in [4.78, 5) is 10.8. The van der Waals surface area contributed by atoms with Crippen LogP contribution in [0.4, 0.5) is 5.69 Å². The summed E-state index contributed by atoms with van der Waals surface area (Å²) in [6.45, 7) is 0.442. The molecule has 0 saturated carbocycles. The largest absolute Gasteiger partial charge is 0.504 e. The standard InChI is InChI=1S/C13H16N4O3/c1-20-11-4-2-3-9(13(11)19)5-15-10-6-16-17(7-10)8-12(14)18/h2-4,6-7,15,19H,5,8H2,1H3,(H2,14,18). The van der Waals surface area contributed by atoms with Crippen LogP contribution in [0.15, 0.2) is 30.6 Å². The van der Waals surface area contributed by atoms with E-state index in [2.05, 4.69) is 10.4 Å². The van der Waals surface area contributed by atoms with Gasteiger partial charge in [-0.15, -0.1) is 0 Å². The van der Waals surface area contributed by atoms with Gasteiger partial charge in [0.2, 0.25) is 5.91 Å². The van der Waals surface area contributed by atoms with Crippen LogP contribution in [0.3, 0.4) is 0 Å². The van der Waals surface area contributed by atoms with Gasteiger partial charge in [-0.3, -0.25) is 9.48 Å². The Hall–Kier alpha value is -2.70. The van der Waals surface area contributed by atoms with Gasteiger partial charge in [-0.05, 0) is 6.07 Å². The minimum absolute atomic E-state index is 0.0338.